The number of aryl methyl sites for hydroxylation is 1. The monoisotopic (exact) mass is 451 g/mol. The van der Waals surface area contributed by atoms with Crippen LogP contribution in [-0.4, -0.2) is 46.3 Å². The molecule has 5 nitrogen and oxygen atoms in total. The lowest BCUT2D eigenvalue weighted by Crippen LogP contribution is -2.47. The maximum Gasteiger partial charge on any atom is 0.416 e. The Bertz CT molecular complexity index is 995. The molecule has 0 amide bonds. The molecule has 1 aliphatic rings. The van der Waals surface area contributed by atoms with Crippen LogP contribution in [0.5, 0.6) is 0 Å². The van der Waals surface area contributed by atoms with Crippen molar-refractivity contribution in [3.8, 4) is 11.1 Å². The van der Waals surface area contributed by atoms with Crippen LogP contribution in [0.1, 0.15) is 29.8 Å². The van der Waals surface area contributed by atoms with Crippen LogP contribution in [0.2, 0.25) is 0 Å². The average molecular weight is 452 g/mol. The zero-order valence-electron chi connectivity index (χ0n) is 17.4. The molecule has 1 atom stereocenters. The van der Waals surface area contributed by atoms with Crippen LogP contribution in [0.4, 0.5) is 19.0 Å². The van der Waals surface area contributed by atoms with Crippen molar-refractivity contribution in [2.24, 2.45) is 0 Å². The lowest BCUT2D eigenvalue weighted by atomic mass is 10.0. The van der Waals surface area contributed by atoms with Crippen molar-refractivity contribution < 1.29 is 13.2 Å². The topological polar surface area (TPSA) is 48.1 Å². The second kappa shape index (κ2) is 9.28. The summed E-state index contributed by atoms with van der Waals surface area (Å²) in [5, 5.41) is 7.12. The summed E-state index contributed by atoms with van der Waals surface area (Å²) in [6, 6.07) is 9.28. The van der Waals surface area contributed by atoms with Crippen LogP contribution < -0.4 is 4.90 Å². The van der Waals surface area contributed by atoms with Gasteiger partial charge in [0.15, 0.2) is 0 Å². The molecule has 1 saturated heterocycles. The van der Waals surface area contributed by atoms with Crippen molar-refractivity contribution in [2.75, 3.05) is 31.1 Å². The van der Waals surface area contributed by atoms with Gasteiger partial charge in [-0.05, 0) is 43.7 Å². The van der Waals surface area contributed by atoms with E-state index < -0.39 is 11.7 Å². The van der Waals surface area contributed by atoms with Crippen molar-refractivity contribution in [3.05, 3.63) is 65.6 Å². The van der Waals surface area contributed by atoms with Gasteiger partial charge in [-0.25, -0.2) is 4.98 Å². The van der Waals surface area contributed by atoms with E-state index in [9.17, 15) is 13.2 Å². The fraction of sp³-hybridized carbons (Fsp3) is 0.364. The second-order valence-corrected chi connectivity index (χ2v) is 7.60. The highest BCUT2D eigenvalue weighted by atomic mass is 35.5. The standard InChI is InChI=1S/C22H24F3N5.ClH/c1-15-20(14-27-28-15)16(2)29-10-12-30(13-11-29)21-19(4-3-9-26-21)17-5-7-18(8-6-17)22(23,24)25;/h3-9,14,16H,10-13H2,1-2H3,(H,27,28);1H. The van der Waals surface area contributed by atoms with Crippen LogP contribution in [-0.2, 0) is 6.18 Å². The molecule has 0 bridgehead atoms. The fourth-order valence-corrected chi connectivity index (χ4v) is 4.01. The van der Waals surface area contributed by atoms with E-state index >= 15 is 0 Å². The molecule has 166 valence electrons. The second-order valence-electron chi connectivity index (χ2n) is 7.60. The zero-order chi connectivity index (χ0) is 21.3. The molecular weight excluding hydrogens is 427 g/mol. The number of halogens is 4. The Labute approximate surface area is 185 Å². The summed E-state index contributed by atoms with van der Waals surface area (Å²) >= 11 is 0. The number of aromatic nitrogens is 3. The Kier molecular flexibility index (Phi) is 6.91. The van der Waals surface area contributed by atoms with Crippen molar-refractivity contribution >= 4 is 18.2 Å². The van der Waals surface area contributed by atoms with Crippen molar-refractivity contribution in [1.82, 2.24) is 20.1 Å². The first-order valence-electron chi connectivity index (χ1n) is 9.96. The molecule has 9 heteroatoms. The molecule has 0 aliphatic carbocycles. The maximum absolute atomic E-state index is 12.9. The molecule has 1 fully saturated rings. The van der Waals surface area contributed by atoms with Gasteiger partial charge in [-0.1, -0.05) is 12.1 Å². The van der Waals surface area contributed by atoms with Crippen molar-refractivity contribution in [1.29, 1.82) is 0 Å². The van der Waals surface area contributed by atoms with E-state index in [2.05, 4.69) is 31.9 Å². The van der Waals surface area contributed by atoms with Gasteiger partial charge in [0.25, 0.3) is 0 Å². The molecule has 0 spiro atoms. The molecule has 0 saturated carbocycles. The van der Waals surface area contributed by atoms with Gasteiger partial charge in [0.05, 0.1) is 11.8 Å². The van der Waals surface area contributed by atoms with Gasteiger partial charge in [-0.15, -0.1) is 12.4 Å². The lowest BCUT2D eigenvalue weighted by molar-refractivity contribution is -0.137. The SMILES string of the molecule is Cc1[nH]ncc1C(C)N1CCN(c2ncccc2-c2ccc(C(F)(F)F)cc2)CC1.Cl. The predicted octanol–water partition coefficient (Wildman–Crippen LogP) is 5.10. The van der Waals surface area contributed by atoms with Crippen molar-refractivity contribution in [3.63, 3.8) is 0 Å². The third-order valence-corrected chi connectivity index (χ3v) is 5.79. The number of aromatic amines is 1. The highest BCUT2D eigenvalue weighted by Gasteiger charge is 2.30. The Morgan fingerprint density at radius 3 is 2.29 bits per heavy atom. The minimum Gasteiger partial charge on any atom is -0.354 e. The number of nitrogens with one attached hydrogen (secondary N) is 1. The molecular formula is C22H25ClF3N5. The minimum absolute atomic E-state index is 0. The number of hydrogen-bond donors (Lipinski definition) is 1. The largest absolute Gasteiger partial charge is 0.416 e. The van der Waals surface area contributed by atoms with Gasteiger partial charge in [0.2, 0.25) is 0 Å². The molecule has 1 N–H and O–H groups in total. The highest BCUT2D eigenvalue weighted by molar-refractivity contribution is 5.85. The quantitative estimate of drug-likeness (QED) is 0.599. The first kappa shape index (κ1) is 23.1. The molecule has 31 heavy (non-hydrogen) atoms. The van der Waals surface area contributed by atoms with E-state index in [1.807, 2.05) is 25.3 Å². The Balaban J connectivity index is 0.00000272. The molecule has 0 radical (unpaired) electrons. The van der Waals surface area contributed by atoms with Gasteiger partial charge < -0.3 is 4.90 Å². The number of hydrogen-bond acceptors (Lipinski definition) is 4. The average Bonchev–Trinajstić information content (AvgIpc) is 3.19. The van der Waals surface area contributed by atoms with E-state index in [0.717, 1.165) is 61.0 Å². The van der Waals surface area contributed by atoms with Crippen LogP contribution in [0.3, 0.4) is 0 Å². The number of piperazine rings is 1. The number of H-pyrrole nitrogens is 1. The van der Waals surface area contributed by atoms with Crippen molar-refractivity contribution in [2.45, 2.75) is 26.1 Å². The summed E-state index contributed by atoms with van der Waals surface area (Å²) in [4.78, 5) is 9.17. The first-order valence-corrected chi connectivity index (χ1v) is 9.96. The molecule has 3 heterocycles. The van der Waals surface area contributed by atoms with E-state index in [1.54, 1.807) is 6.20 Å². The molecule has 1 unspecified atom stereocenters. The fourth-order valence-electron chi connectivity index (χ4n) is 4.01. The summed E-state index contributed by atoms with van der Waals surface area (Å²) in [5.74, 6) is 0.809. The summed E-state index contributed by atoms with van der Waals surface area (Å²) in [6.45, 7) is 7.54. The molecule has 2 aromatic heterocycles. The van der Waals surface area contributed by atoms with Crippen LogP contribution in [0, 0.1) is 6.92 Å². The van der Waals surface area contributed by atoms with Gasteiger partial charge in [0, 0.05) is 55.2 Å². The third-order valence-electron chi connectivity index (χ3n) is 5.79. The molecule has 1 aromatic carbocycles. The Morgan fingerprint density at radius 1 is 1.03 bits per heavy atom. The number of rotatable bonds is 4. The van der Waals surface area contributed by atoms with Crippen LogP contribution in [0.15, 0.2) is 48.8 Å². The van der Waals surface area contributed by atoms with E-state index in [0.29, 0.717) is 0 Å². The zero-order valence-corrected chi connectivity index (χ0v) is 18.2. The number of nitrogens with zero attached hydrogens (tertiary/aromatic N) is 4. The number of benzene rings is 1. The van der Waals surface area contributed by atoms with E-state index in [4.69, 9.17) is 0 Å². The highest BCUT2D eigenvalue weighted by Crippen LogP contribution is 2.34. The van der Waals surface area contributed by atoms with E-state index in [1.165, 1.54) is 17.7 Å². The Morgan fingerprint density at radius 2 is 1.71 bits per heavy atom. The number of anilines is 1. The summed E-state index contributed by atoms with van der Waals surface area (Å²) in [7, 11) is 0. The smallest absolute Gasteiger partial charge is 0.354 e. The maximum atomic E-state index is 12.9. The van der Waals surface area contributed by atoms with Gasteiger partial charge in [0.1, 0.15) is 5.82 Å². The molecule has 3 aromatic rings. The van der Waals surface area contributed by atoms with Gasteiger partial charge >= 0.3 is 6.18 Å². The first-order chi connectivity index (χ1) is 14.3. The Hall–Kier alpha value is -2.58. The van der Waals surface area contributed by atoms with Crippen LogP contribution in [0.25, 0.3) is 11.1 Å². The van der Waals surface area contributed by atoms with Gasteiger partial charge in [-0.2, -0.15) is 18.3 Å². The number of alkyl halides is 3. The van der Waals surface area contributed by atoms with E-state index in [-0.39, 0.29) is 18.4 Å². The number of pyridine rings is 1. The summed E-state index contributed by atoms with van der Waals surface area (Å²) in [5.41, 5.74) is 3.22. The minimum atomic E-state index is -4.34. The summed E-state index contributed by atoms with van der Waals surface area (Å²) < 4.78 is 38.7. The summed E-state index contributed by atoms with van der Waals surface area (Å²) in [6.07, 6.45) is -0.725. The normalized spacial score (nSPS) is 16.1. The molecule has 4 rings (SSSR count). The molecule has 1 aliphatic heterocycles. The van der Waals surface area contributed by atoms with Gasteiger partial charge in [-0.3, -0.25) is 10.00 Å². The van der Waals surface area contributed by atoms with Crippen LogP contribution >= 0.6 is 12.4 Å². The predicted molar refractivity (Wildman–Crippen MR) is 117 cm³/mol. The lowest BCUT2D eigenvalue weighted by Gasteiger charge is -2.39. The third kappa shape index (κ3) is 4.85.